The molecule has 0 bridgehead atoms. The Kier molecular flexibility index (Phi) is 4.94. The number of pyridine rings is 1. The third-order valence-corrected chi connectivity index (χ3v) is 3.74. The van der Waals surface area contributed by atoms with Gasteiger partial charge in [-0.05, 0) is 36.8 Å². The molecule has 0 saturated heterocycles. The van der Waals surface area contributed by atoms with E-state index in [0.717, 1.165) is 5.56 Å². The van der Waals surface area contributed by atoms with Gasteiger partial charge in [0, 0.05) is 30.4 Å². The fourth-order valence-electron chi connectivity index (χ4n) is 2.09. The first-order valence-electron chi connectivity index (χ1n) is 6.70. The zero-order valence-corrected chi connectivity index (χ0v) is 12.8. The van der Waals surface area contributed by atoms with Crippen LogP contribution in [0, 0.1) is 0 Å². The van der Waals surface area contributed by atoms with Crippen molar-refractivity contribution >= 4 is 17.5 Å². The van der Waals surface area contributed by atoms with Crippen molar-refractivity contribution in [3.05, 3.63) is 64.4 Å². The second-order valence-corrected chi connectivity index (χ2v) is 5.32. The van der Waals surface area contributed by atoms with E-state index < -0.39 is 0 Å². The number of nitrogens with zero attached hydrogens (tertiary/aromatic N) is 2. The van der Waals surface area contributed by atoms with Gasteiger partial charge in [0.25, 0.3) is 5.91 Å². The van der Waals surface area contributed by atoms with E-state index in [1.807, 2.05) is 31.2 Å². The summed E-state index contributed by atoms with van der Waals surface area (Å²) in [6.45, 7) is 2.28. The van der Waals surface area contributed by atoms with Gasteiger partial charge >= 0.3 is 0 Å². The molecule has 1 aromatic carbocycles. The fourth-order valence-corrected chi connectivity index (χ4v) is 2.29. The zero-order valence-electron chi connectivity index (χ0n) is 12.1. The van der Waals surface area contributed by atoms with Crippen LogP contribution in [-0.2, 0) is 6.54 Å². The molecule has 110 valence electrons. The Morgan fingerprint density at radius 3 is 2.81 bits per heavy atom. The molecule has 0 fully saturated rings. The summed E-state index contributed by atoms with van der Waals surface area (Å²) in [5.74, 6) is -0.0698. The van der Waals surface area contributed by atoms with Crippen molar-refractivity contribution in [2.45, 2.75) is 19.5 Å². The Labute approximate surface area is 129 Å². The molecule has 2 N–H and O–H groups in total. The lowest BCUT2D eigenvalue weighted by molar-refractivity contribution is 0.0742. The number of hydrogen-bond donors (Lipinski definition) is 1. The lowest BCUT2D eigenvalue weighted by Gasteiger charge is -2.25. The molecule has 4 nitrogen and oxygen atoms in total. The number of nitrogens with two attached hydrogens (primary N) is 1. The first-order chi connectivity index (χ1) is 10.0. The van der Waals surface area contributed by atoms with Crippen LogP contribution in [0.25, 0.3) is 0 Å². The van der Waals surface area contributed by atoms with E-state index in [1.54, 1.807) is 30.3 Å². The third-order valence-electron chi connectivity index (χ3n) is 3.51. The number of benzene rings is 1. The molecule has 0 radical (unpaired) electrons. The number of carbonyl (C=O) groups excluding carboxylic acids is 1. The summed E-state index contributed by atoms with van der Waals surface area (Å²) >= 11 is 6.00. The summed E-state index contributed by atoms with van der Waals surface area (Å²) in [6.07, 6.45) is 1.60. The van der Waals surface area contributed by atoms with Crippen molar-refractivity contribution < 1.29 is 4.79 Å². The van der Waals surface area contributed by atoms with Crippen LogP contribution in [0.2, 0.25) is 5.02 Å². The first kappa shape index (κ1) is 15.5. The lowest BCUT2D eigenvalue weighted by Crippen LogP contribution is -2.29. The molecule has 0 aliphatic carbocycles. The quantitative estimate of drug-likeness (QED) is 0.944. The van der Waals surface area contributed by atoms with Crippen molar-refractivity contribution in [2.24, 2.45) is 5.73 Å². The van der Waals surface area contributed by atoms with Crippen molar-refractivity contribution in [2.75, 3.05) is 7.05 Å². The van der Waals surface area contributed by atoms with Crippen LogP contribution in [0.3, 0.4) is 0 Å². The maximum Gasteiger partial charge on any atom is 0.254 e. The smallest absolute Gasteiger partial charge is 0.254 e. The average Bonchev–Trinajstić information content (AvgIpc) is 2.52. The number of hydrogen-bond acceptors (Lipinski definition) is 3. The Balaban J connectivity index is 2.22. The van der Waals surface area contributed by atoms with Gasteiger partial charge in [-0.15, -0.1) is 0 Å². The predicted octanol–water partition coefficient (Wildman–Crippen LogP) is 3.03. The SMILES string of the molecule is CC(c1cccc(Cl)c1)N(C)C(=O)c1ccnc(CN)c1. The molecule has 1 amide bonds. The van der Waals surface area contributed by atoms with Gasteiger partial charge in [0.2, 0.25) is 0 Å². The Hall–Kier alpha value is -1.91. The number of amides is 1. The van der Waals surface area contributed by atoms with Crippen molar-refractivity contribution in [1.82, 2.24) is 9.88 Å². The summed E-state index contributed by atoms with van der Waals surface area (Å²) in [5, 5.41) is 0.662. The van der Waals surface area contributed by atoms with Gasteiger partial charge in [-0.25, -0.2) is 0 Å². The van der Waals surface area contributed by atoms with Gasteiger partial charge in [0.05, 0.1) is 11.7 Å². The molecule has 1 aromatic heterocycles. The van der Waals surface area contributed by atoms with Crippen LogP contribution in [0.5, 0.6) is 0 Å². The highest BCUT2D eigenvalue weighted by Crippen LogP contribution is 2.23. The van der Waals surface area contributed by atoms with E-state index in [4.69, 9.17) is 17.3 Å². The van der Waals surface area contributed by atoms with Gasteiger partial charge in [0.1, 0.15) is 0 Å². The summed E-state index contributed by atoms with van der Waals surface area (Å²) in [7, 11) is 1.77. The lowest BCUT2D eigenvalue weighted by atomic mass is 10.1. The highest BCUT2D eigenvalue weighted by atomic mass is 35.5. The maximum absolute atomic E-state index is 12.5. The number of halogens is 1. The van der Waals surface area contributed by atoms with Crippen LogP contribution in [0.15, 0.2) is 42.6 Å². The monoisotopic (exact) mass is 303 g/mol. The van der Waals surface area contributed by atoms with E-state index in [0.29, 0.717) is 22.8 Å². The van der Waals surface area contributed by atoms with Crippen LogP contribution >= 0.6 is 11.6 Å². The number of rotatable bonds is 4. The standard InChI is InChI=1S/C16H18ClN3O/c1-11(12-4-3-5-14(17)8-12)20(2)16(21)13-6-7-19-15(9-13)10-18/h3-9,11H,10,18H2,1-2H3. The van der Waals surface area contributed by atoms with E-state index in [2.05, 4.69) is 4.98 Å². The number of carbonyl (C=O) groups is 1. The summed E-state index contributed by atoms with van der Waals surface area (Å²) in [5.41, 5.74) is 7.84. The van der Waals surface area contributed by atoms with Gasteiger partial charge in [-0.1, -0.05) is 23.7 Å². The molecular weight excluding hydrogens is 286 g/mol. The molecule has 5 heteroatoms. The van der Waals surface area contributed by atoms with Crippen molar-refractivity contribution in [3.63, 3.8) is 0 Å². The molecule has 1 atom stereocenters. The first-order valence-corrected chi connectivity index (χ1v) is 7.08. The molecule has 21 heavy (non-hydrogen) atoms. The molecule has 0 spiro atoms. The van der Waals surface area contributed by atoms with E-state index in [1.165, 1.54) is 0 Å². The fraction of sp³-hybridized carbons (Fsp3) is 0.250. The molecular formula is C16H18ClN3O. The number of aromatic nitrogens is 1. The van der Waals surface area contributed by atoms with Gasteiger partial charge < -0.3 is 10.6 Å². The van der Waals surface area contributed by atoms with Crippen LogP contribution < -0.4 is 5.73 Å². The van der Waals surface area contributed by atoms with Crippen molar-refractivity contribution in [1.29, 1.82) is 0 Å². The topological polar surface area (TPSA) is 59.2 Å². The van der Waals surface area contributed by atoms with E-state index in [9.17, 15) is 4.79 Å². The minimum Gasteiger partial charge on any atom is -0.335 e. The Morgan fingerprint density at radius 2 is 2.14 bits per heavy atom. The van der Waals surface area contributed by atoms with E-state index >= 15 is 0 Å². The largest absolute Gasteiger partial charge is 0.335 e. The van der Waals surface area contributed by atoms with Gasteiger partial charge in [-0.2, -0.15) is 0 Å². The van der Waals surface area contributed by atoms with Crippen LogP contribution in [0.4, 0.5) is 0 Å². The zero-order chi connectivity index (χ0) is 15.4. The second kappa shape index (κ2) is 6.70. The Bertz CT molecular complexity index is 645. The predicted molar refractivity (Wildman–Crippen MR) is 84.1 cm³/mol. The highest BCUT2D eigenvalue weighted by Gasteiger charge is 2.19. The van der Waals surface area contributed by atoms with Crippen LogP contribution in [-0.4, -0.2) is 22.8 Å². The molecule has 1 heterocycles. The van der Waals surface area contributed by atoms with Crippen LogP contribution in [0.1, 0.15) is 34.6 Å². The Morgan fingerprint density at radius 1 is 1.38 bits per heavy atom. The molecule has 0 aliphatic rings. The normalized spacial score (nSPS) is 12.0. The molecule has 1 unspecified atom stereocenters. The minimum absolute atomic E-state index is 0.0698. The van der Waals surface area contributed by atoms with E-state index in [-0.39, 0.29) is 11.9 Å². The maximum atomic E-state index is 12.5. The summed E-state index contributed by atoms with van der Waals surface area (Å²) in [6, 6.07) is 10.9. The van der Waals surface area contributed by atoms with Gasteiger partial charge in [0.15, 0.2) is 0 Å². The third kappa shape index (κ3) is 3.60. The highest BCUT2D eigenvalue weighted by molar-refractivity contribution is 6.30. The molecule has 2 aromatic rings. The van der Waals surface area contributed by atoms with Crippen molar-refractivity contribution in [3.8, 4) is 0 Å². The molecule has 2 rings (SSSR count). The summed E-state index contributed by atoms with van der Waals surface area (Å²) < 4.78 is 0. The van der Waals surface area contributed by atoms with Gasteiger partial charge in [-0.3, -0.25) is 9.78 Å². The second-order valence-electron chi connectivity index (χ2n) is 4.89. The molecule has 0 saturated carbocycles. The summed E-state index contributed by atoms with van der Waals surface area (Å²) in [4.78, 5) is 18.3. The minimum atomic E-state index is -0.0781. The molecule has 0 aliphatic heterocycles. The average molecular weight is 304 g/mol.